The molecule has 0 saturated carbocycles. The third kappa shape index (κ3) is 5.19. The highest BCUT2D eigenvalue weighted by atomic mass is 16.5. The zero-order valence-electron chi connectivity index (χ0n) is 16.6. The van der Waals surface area contributed by atoms with E-state index in [0.29, 0.717) is 11.8 Å². The van der Waals surface area contributed by atoms with Crippen molar-refractivity contribution in [3.05, 3.63) is 70.6 Å². The average molecular weight is 340 g/mol. The lowest BCUT2D eigenvalue weighted by Gasteiger charge is -2.29. The molecular formula is C23H33NO. The molecule has 0 spiro atoms. The van der Waals surface area contributed by atoms with Gasteiger partial charge in [-0.1, -0.05) is 56.4 Å². The van der Waals surface area contributed by atoms with Gasteiger partial charge in [0.25, 0.3) is 0 Å². The van der Waals surface area contributed by atoms with Crippen molar-refractivity contribution >= 4 is 6.21 Å². The molecule has 1 N–H and O–H groups in total. The molecule has 1 rings (SSSR count). The number of allylic oxidation sites excluding steroid dienone is 10. The predicted molar refractivity (Wildman–Crippen MR) is 110 cm³/mol. The fraction of sp³-hybridized carbons (Fsp3) is 0.435. The number of ether oxygens (including phenoxy) is 1. The second-order valence-electron chi connectivity index (χ2n) is 6.63. The van der Waals surface area contributed by atoms with Crippen LogP contribution >= 0.6 is 0 Å². The first-order chi connectivity index (χ1) is 11.9. The summed E-state index contributed by atoms with van der Waals surface area (Å²) in [5, 5.41) is 7.44. The van der Waals surface area contributed by atoms with Gasteiger partial charge in [-0.15, -0.1) is 0 Å². The molecule has 0 saturated heterocycles. The van der Waals surface area contributed by atoms with Gasteiger partial charge in [0.1, 0.15) is 5.76 Å². The monoisotopic (exact) mass is 339 g/mol. The summed E-state index contributed by atoms with van der Waals surface area (Å²) in [4.78, 5) is 0. The van der Waals surface area contributed by atoms with Crippen molar-refractivity contribution in [2.24, 2.45) is 11.8 Å². The van der Waals surface area contributed by atoms with Crippen LogP contribution < -0.4 is 0 Å². The van der Waals surface area contributed by atoms with E-state index in [-0.39, 0.29) is 0 Å². The number of nitrogens with one attached hydrogen (secondary N) is 1. The molecule has 0 bridgehead atoms. The molecule has 0 aromatic rings. The Morgan fingerprint density at radius 1 is 1.40 bits per heavy atom. The van der Waals surface area contributed by atoms with Crippen LogP contribution in [0.1, 0.15) is 47.5 Å². The lowest BCUT2D eigenvalue weighted by atomic mass is 9.75. The molecule has 0 aliphatic heterocycles. The third-order valence-electron chi connectivity index (χ3n) is 5.00. The molecule has 2 nitrogen and oxygen atoms in total. The SMILES string of the molecule is C=C/C(C1=CC=C(CC)C(C(C)/C=C(/C)C=N)C1)=C(OC)\C(C)=C/C. The highest BCUT2D eigenvalue weighted by Crippen LogP contribution is 2.38. The highest BCUT2D eigenvalue weighted by molar-refractivity contribution is 5.74. The van der Waals surface area contributed by atoms with Crippen LogP contribution in [0.5, 0.6) is 0 Å². The maximum Gasteiger partial charge on any atom is 0.128 e. The van der Waals surface area contributed by atoms with Crippen molar-refractivity contribution in [2.75, 3.05) is 7.11 Å². The van der Waals surface area contributed by atoms with Gasteiger partial charge in [-0.25, -0.2) is 0 Å². The second kappa shape index (κ2) is 10.0. The molecule has 1 aliphatic rings. The lowest BCUT2D eigenvalue weighted by molar-refractivity contribution is 0.297. The molecule has 2 unspecified atom stereocenters. The summed E-state index contributed by atoms with van der Waals surface area (Å²) < 4.78 is 5.68. The minimum atomic E-state index is 0.386. The van der Waals surface area contributed by atoms with Gasteiger partial charge in [0.2, 0.25) is 0 Å². The van der Waals surface area contributed by atoms with Crippen LogP contribution in [0.2, 0.25) is 0 Å². The first-order valence-corrected chi connectivity index (χ1v) is 9.06. The molecule has 25 heavy (non-hydrogen) atoms. The fourth-order valence-corrected chi connectivity index (χ4v) is 3.43. The molecular weight excluding hydrogens is 306 g/mol. The Bertz CT molecular complexity index is 656. The van der Waals surface area contributed by atoms with Gasteiger partial charge in [-0.3, -0.25) is 0 Å². The molecule has 0 aromatic carbocycles. The molecule has 2 heteroatoms. The quantitative estimate of drug-likeness (QED) is 0.303. The van der Waals surface area contributed by atoms with Crippen molar-refractivity contribution < 1.29 is 4.74 Å². The Morgan fingerprint density at radius 2 is 2.08 bits per heavy atom. The van der Waals surface area contributed by atoms with Crippen molar-refractivity contribution in [1.29, 1.82) is 5.41 Å². The van der Waals surface area contributed by atoms with Crippen LogP contribution in [0.15, 0.2) is 70.6 Å². The van der Waals surface area contributed by atoms with Gasteiger partial charge in [-0.05, 0) is 62.2 Å². The van der Waals surface area contributed by atoms with Gasteiger partial charge in [0.05, 0.1) is 7.11 Å². The molecule has 0 amide bonds. The number of methoxy groups -OCH3 is 1. The third-order valence-corrected chi connectivity index (χ3v) is 5.00. The second-order valence-corrected chi connectivity index (χ2v) is 6.63. The van der Waals surface area contributed by atoms with Crippen LogP contribution in [-0.2, 0) is 4.74 Å². The van der Waals surface area contributed by atoms with Crippen LogP contribution in [0.4, 0.5) is 0 Å². The van der Waals surface area contributed by atoms with E-state index in [2.05, 4.69) is 51.7 Å². The highest BCUT2D eigenvalue weighted by Gasteiger charge is 2.25. The van der Waals surface area contributed by atoms with E-state index >= 15 is 0 Å². The minimum absolute atomic E-state index is 0.386. The van der Waals surface area contributed by atoms with Gasteiger partial charge in [0.15, 0.2) is 0 Å². The van der Waals surface area contributed by atoms with E-state index in [4.69, 9.17) is 10.1 Å². The summed E-state index contributed by atoms with van der Waals surface area (Å²) in [7, 11) is 1.72. The molecule has 2 atom stereocenters. The topological polar surface area (TPSA) is 33.1 Å². The number of hydrogen-bond acceptors (Lipinski definition) is 2. The lowest BCUT2D eigenvalue weighted by Crippen LogP contribution is -2.17. The minimum Gasteiger partial charge on any atom is -0.496 e. The Morgan fingerprint density at radius 3 is 2.56 bits per heavy atom. The summed E-state index contributed by atoms with van der Waals surface area (Å²) in [5.41, 5.74) is 5.95. The van der Waals surface area contributed by atoms with E-state index in [1.165, 1.54) is 17.4 Å². The molecule has 136 valence electrons. The van der Waals surface area contributed by atoms with Gasteiger partial charge < -0.3 is 10.1 Å². The summed E-state index contributed by atoms with van der Waals surface area (Å²) in [5.74, 6) is 1.73. The first-order valence-electron chi connectivity index (χ1n) is 9.06. The van der Waals surface area contributed by atoms with Crippen molar-refractivity contribution in [3.8, 4) is 0 Å². The normalized spacial score (nSPS) is 21.0. The largest absolute Gasteiger partial charge is 0.496 e. The molecule has 0 fully saturated rings. The van der Waals surface area contributed by atoms with Crippen LogP contribution in [0, 0.1) is 17.2 Å². The standard InChI is InChI=1S/C23H33NO/c1-8-17(5)23(25-7)21(10-3)20-12-11-19(9-2)22(14-20)18(6)13-16(4)15-24/h8,10-13,15,18,22,24H,3,9,14H2,1-2,4-7H3/b16-13-,17-8-,23-21-,24-15?. The summed E-state index contributed by atoms with van der Waals surface area (Å²) in [6.45, 7) is 14.6. The molecule has 0 aromatic heterocycles. The Hall–Kier alpha value is -2.09. The van der Waals surface area contributed by atoms with Crippen LogP contribution in [0.3, 0.4) is 0 Å². The van der Waals surface area contributed by atoms with E-state index < -0.39 is 0 Å². The smallest absolute Gasteiger partial charge is 0.128 e. The summed E-state index contributed by atoms with van der Waals surface area (Å²) in [6, 6.07) is 0. The fourth-order valence-electron chi connectivity index (χ4n) is 3.43. The van der Waals surface area contributed by atoms with Crippen LogP contribution in [-0.4, -0.2) is 13.3 Å². The van der Waals surface area contributed by atoms with Crippen molar-refractivity contribution in [1.82, 2.24) is 0 Å². The van der Waals surface area contributed by atoms with Crippen molar-refractivity contribution in [2.45, 2.75) is 47.5 Å². The van der Waals surface area contributed by atoms with E-state index in [1.54, 1.807) is 7.11 Å². The van der Waals surface area contributed by atoms with Gasteiger partial charge in [-0.2, -0.15) is 0 Å². The Balaban J connectivity index is 3.33. The van der Waals surface area contributed by atoms with Gasteiger partial charge >= 0.3 is 0 Å². The van der Waals surface area contributed by atoms with Crippen molar-refractivity contribution in [3.63, 3.8) is 0 Å². The van der Waals surface area contributed by atoms with E-state index in [0.717, 1.165) is 35.3 Å². The average Bonchev–Trinajstić information content (AvgIpc) is 2.64. The zero-order valence-corrected chi connectivity index (χ0v) is 16.6. The van der Waals surface area contributed by atoms with E-state index in [9.17, 15) is 0 Å². The number of hydrogen-bond donors (Lipinski definition) is 1. The maximum atomic E-state index is 7.44. The number of rotatable bonds is 8. The molecule has 1 aliphatic carbocycles. The Kier molecular flexibility index (Phi) is 8.40. The maximum absolute atomic E-state index is 7.44. The first kappa shape index (κ1) is 21.0. The Labute approximate surface area is 153 Å². The van der Waals surface area contributed by atoms with Gasteiger partial charge in [0, 0.05) is 11.8 Å². The van der Waals surface area contributed by atoms with Crippen LogP contribution in [0.25, 0.3) is 0 Å². The molecule has 0 radical (unpaired) electrons. The zero-order chi connectivity index (χ0) is 19.0. The van der Waals surface area contributed by atoms with E-state index in [1.807, 2.05) is 19.9 Å². The molecule has 0 heterocycles. The predicted octanol–water partition coefficient (Wildman–Crippen LogP) is 6.55. The summed E-state index contributed by atoms with van der Waals surface area (Å²) in [6.07, 6.45) is 14.1. The summed E-state index contributed by atoms with van der Waals surface area (Å²) >= 11 is 0.